The lowest BCUT2D eigenvalue weighted by molar-refractivity contribution is 0.0746. The highest BCUT2D eigenvalue weighted by molar-refractivity contribution is 7.89. The fourth-order valence-corrected chi connectivity index (χ4v) is 5.49. The van der Waals surface area contributed by atoms with Crippen molar-refractivity contribution in [1.29, 1.82) is 0 Å². The summed E-state index contributed by atoms with van der Waals surface area (Å²) in [6, 6.07) is 12.0. The zero-order valence-electron chi connectivity index (χ0n) is 17.7. The second-order valence-corrected chi connectivity index (χ2v) is 9.24. The average molecular weight is 432 g/mol. The molecule has 0 unspecified atom stereocenters. The summed E-state index contributed by atoms with van der Waals surface area (Å²) in [6.45, 7) is 8.30. The van der Waals surface area contributed by atoms with E-state index in [9.17, 15) is 18.3 Å². The van der Waals surface area contributed by atoms with Crippen LogP contribution in [-0.4, -0.2) is 67.9 Å². The maximum atomic E-state index is 13.1. The molecule has 2 aromatic carbocycles. The normalized spacial score (nSPS) is 14.9. The highest BCUT2D eigenvalue weighted by Crippen LogP contribution is 2.28. The van der Waals surface area contributed by atoms with Crippen LogP contribution >= 0.6 is 0 Å². The molecule has 0 saturated carbocycles. The fraction of sp³-hybridized carbons (Fsp3) is 0.409. The first-order valence-corrected chi connectivity index (χ1v) is 11.7. The van der Waals surface area contributed by atoms with E-state index in [4.69, 9.17) is 0 Å². The van der Waals surface area contributed by atoms with Gasteiger partial charge in [-0.1, -0.05) is 32.0 Å². The Labute approximate surface area is 178 Å². The number of aryl methyl sites for hydroxylation is 1. The van der Waals surface area contributed by atoms with Crippen LogP contribution in [0.3, 0.4) is 0 Å². The number of benzene rings is 2. The summed E-state index contributed by atoms with van der Waals surface area (Å²) in [5, 5.41) is 10.1. The number of para-hydroxylation sites is 2. The molecule has 7 nitrogen and oxygen atoms in total. The molecule has 1 heterocycles. The lowest BCUT2D eigenvalue weighted by Gasteiger charge is -2.36. The summed E-state index contributed by atoms with van der Waals surface area (Å²) in [5.74, 6) is 0.0463. The molecule has 162 valence electrons. The van der Waals surface area contributed by atoms with Crippen molar-refractivity contribution in [3.8, 4) is 5.75 Å². The summed E-state index contributed by atoms with van der Waals surface area (Å²) < 4.78 is 27.3. The smallest absolute Gasteiger partial charge is 0.254 e. The Hall–Kier alpha value is -2.58. The van der Waals surface area contributed by atoms with Gasteiger partial charge in [0.15, 0.2) is 0 Å². The first-order valence-electron chi connectivity index (χ1n) is 10.2. The second-order valence-electron chi connectivity index (χ2n) is 7.34. The van der Waals surface area contributed by atoms with Crippen LogP contribution < -0.4 is 4.90 Å². The third-order valence-corrected chi connectivity index (χ3v) is 7.74. The molecule has 30 heavy (non-hydrogen) atoms. The fourth-order valence-electron chi connectivity index (χ4n) is 3.78. The third kappa shape index (κ3) is 4.29. The monoisotopic (exact) mass is 431 g/mol. The number of hydrogen-bond donors (Lipinski definition) is 1. The lowest BCUT2D eigenvalue weighted by Crippen LogP contribution is -2.48. The second kappa shape index (κ2) is 9.06. The van der Waals surface area contributed by atoms with Gasteiger partial charge in [0.2, 0.25) is 10.0 Å². The van der Waals surface area contributed by atoms with E-state index in [2.05, 4.69) is 0 Å². The van der Waals surface area contributed by atoms with E-state index in [1.807, 2.05) is 17.0 Å². The van der Waals surface area contributed by atoms with Crippen LogP contribution in [0.5, 0.6) is 5.75 Å². The SMILES string of the molecule is CCN(CC)S(=O)(=O)c1cc(C(=O)N2CCN(c3ccccc3O)CC2)ccc1C. The molecule has 1 amide bonds. The van der Waals surface area contributed by atoms with Crippen molar-refractivity contribution >= 4 is 21.6 Å². The molecule has 1 saturated heterocycles. The minimum absolute atomic E-state index is 0.178. The summed E-state index contributed by atoms with van der Waals surface area (Å²) in [4.78, 5) is 17.0. The molecule has 3 rings (SSSR count). The zero-order chi connectivity index (χ0) is 21.9. The van der Waals surface area contributed by atoms with E-state index in [1.165, 1.54) is 10.4 Å². The molecular formula is C22H29N3O4S. The maximum absolute atomic E-state index is 13.1. The third-order valence-electron chi connectivity index (χ3n) is 5.55. The molecule has 2 aromatic rings. The van der Waals surface area contributed by atoms with Crippen molar-refractivity contribution in [2.75, 3.05) is 44.2 Å². The predicted molar refractivity (Wildman–Crippen MR) is 118 cm³/mol. The van der Waals surface area contributed by atoms with E-state index in [1.54, 1.807) is 49.9 Å². The Kier molecular flexibility index (Phi) is 6.67. The molecule has 0 spiro atoms. The summed E-state index contributed by atoms with van der Waals surface area (Å²) in [7, 11) is -3.64. The number of carbonyl (C=O) groups is 1. The van der Waals surface area contributed by atoms with Gasteiger partial charge in [-0.3, -0.25) is 4.79 Å². The van der Waals surface area contributed by atoms with Gasteiger partial charge >= 0.3 is 0 Å². The number of carbonyl (C=O) groups excluding carboxylic acids is 1. The van der Waals surface area contributed by atoms with E-state index in [0.717, 1.165) is 5.69 Å². The lowest BCUT2D eigenvalue weighted by atomic mass is 10.1. The van der Waals surface area contributed by atoms with Crippen LogP contribution in [0.4, 0.5) is 5.69 Å². The number of piperazine rings is 1. The van der Waals surface area contributed by atoms with Gasteiger partial charge in [0.25, 0.3) is 5.91 Å². The molecule has 0 aliphatic carbocycles. The Morgan fingerprint density at radius 3 is 2.27 bits per heavy atom. The number of nitrogens with zero attached hydrogens (tertiary/aromatic N) is 3. The Morgan fingerprint density at radius 2 is 1.67 bits per heavy atom. The molecule has 0 radical (unpaired) electrons. The summed E-state index contributed by atoms with van der Waals surface area (Å²) >= 11 is 0. The summed E-state index contributed by atoms with van der Waals surface area (Å²) in [5.41, 5.74) is 1.76. The van der Waals surface area contributed by atoms with Gasteiger partial charge in [-0.15, -0.1) is 0 Å². The quantitative estimate of drug-likeness (QED) is 0.761. The molecule has 1 aliphatic rings. The maximum Gasteiger partial charge on any atom is 0.254 e. The molecular weight excluding hydrogens is 402 g/mol. The Balaban J connectivity index is 1.78. The van der Waals surface area contributed by atoms with E-state index < -0.39 is 10.0 Å². The minimum Gasteiger partial charge on any atom is -0.506 e. The van der Waals surface area contributed by atoms with Crippen molar-refractivity contribution in [3.63, 3.8) is 0 Å². The van der Waals surface area contributed by atoms with Gasteiger partial charge in [0.05, 0.1) is 10.6 Å². The number of hydrogen-bond acceptors (Lipinski definition) is 5. The standard InChI is InChI=1S/C22H29N3O4S/c1-4-25(5-2)30(28,29)21-16-18(11-10-17(21)3)22(27)24-14-12-23(13-15-24)19-8-6-7-9-20(19)26/h6-11,16,26H,4-5,12-15H2,1-3H3. The van der Waals surface area contributed by atoms with Gasteiger partial charge in [-0.25, -0.2) is 8.42 Å². The largest absolute Gasteiger partial charge is 0.506 e. The van der Waals surface area contributed by atoms with Gasteiger partial charge < -0.3 is 14.9 Å². The van der Waals surface area contributed by atoms with Gasteiger partial charge in [-0.2, -0.15) is 4.31 Å². The summed E-state index contributed by atoms with van der Waals surface area (Å²) in [6.07, 6.45) is 0. The molecule has 0 atom stereocenters. The number of amides is 1. The van der Waals surface area contributed by atoms with Crippen molar-refractivity contribution in [2.24, 2.45) is 0 Å². The number of phenols is 1. The molecule has 0 aromatic heterocycles. The molecule has 8 heteroatoms. The van der Waals surface area contributed by atoms with E-state index in [-0.39, 0.29) is 16.6 Å². The van der Waals surface area contributed by atoms with Gasteiger partial charge in [-0.05, 0) is 36.8 Å². The minimum atomic E-state index is -3.64. The number of rotatable bonds is 6. The number of sulfonamides is 1. The van der Waals surface area contributed by atoms with Crippen LogP contribution in [0.25, 0.3) is 0 Å². The number of anilines is 1. The number of aromatic hydroxyl groups is 1. The predicted octanol–water partition coefficient (Wildman–Crippen LogP) is 2.69. The zero-order valence-corrected chi connectivity index (χ0v) is 18.5. The van der Waals surface area contributed by atoms with Crippen LogP contribution in [0.2, 0.25) is 0 Å². The molecule has 0 bridgehead atoms. The van der Waals surface area contributed by atoms with Crippen LogP contribution in [0, 0.1) is 6.92 Å². The number of phenolic OH excluding ortho intramolecular Hbond substituents is 1. The van der Waals surface area contributed by atoms with Crippen molar-refractivity contribution in [3.05, 3.63) is 53.6 Å². The van der Waals surface area contributed by atoms with Gasteiger partial charge in [0, 0.05) is 44.8 Å². The van der Waals surface area contributed by atoms with E-state index in [0.29, 0.717) is 50.4 Å². The van der Waals surface area contributed by atoms with Crippen LogP contribution in [0.15, 0.2) is 47.4 Å². The molecule has 1 aliphatic heterocycles. The first-order chi connectivity index (χ1) is 14.3. The molecule has 1 fully saturated rings. The topological polar surface area (TPSA) is 81.2 Å². The van der Waals surface area contributed by atoms with Crippen LogP contribution in [-0.2, 0) is 10.0 Å². The first kappa shape index (κ1) is 22.1. The van der Waals surface area contributed by atoms with Crippen LogP contribution in [0.1, 0.15) is 29.8 Å². The van der Waals surface area contributed by atoms with Gasteiger partial charge in [0.1, 0.15) is 5.75 Å². The van der Waals surface area contributed by atoms with Crippen molar-refractivity contribution in [1.82, 2.24) is 9.21 Å². The van der Waals surface area contributed by atoms with Crippen molar-refractivity contribution in [2.45, 2.75) is 25.7 Å². The van der Waals surface area contributed by atoms with E-state index >= 15 is 0 Å². The highest BCUT2D eigenvalue weighted by Gasteiger charge is 2.27. The molecule has 1 N–H and O–H groups in total. The Morgan fingerprint density at radius 1 is 1.03 bits per heavy atom. The average Bonchev–Trinajstić information content (AvgIpc) is 2.74. The Bertz CT molecular complexity index is 1010. The highest BCUT2D eigenvalue weighted by atomic mass is 32.2. The van der Waals surface area contributed by atoms with Crippen molar-refractivity contribution < 1.29 is 18.3 Å².